The fourth-order valence-corrected chi connectivity index (χ4v) is 1.80. The Bertz CT molecular complexity index is 542. The van der Waals surface area contributed by atoms with Gasteiger partial charge in [-0.3, -0.25) is 4.79 Å². The van der Waals surface area contributed by atoms with Crippen LogP contribution in [0.3, 0.4) is 0 Å². The molecule has 0 aliphatic carbocycles. The predicted molar refractivity (Wildman–Crippen MR) is 66.8 cm³/mol. The number of benzene rings is 2. The van der Waals surface area contributed by atoms with E-state index in [1.807, 2.05) is 0 Å². The van der Waals surface area contributed by atoms with Crippen molar-refractivity contribution < 1.29 is 9.90 Å². The predicted octanol–water partition coefficient (Wildman–Crippen LogP) is 3.73. The minimum Gasteiger partial charge on any atom is -0.507 e. The Balaban J connectivity index is 2.47. The summed E-state index contributed by atoms with van der Waals surface area (Å²) < 4.78 is 0. The third-order valence-corrected chi connectivity index (χ3v) is 2.81. The number of hydrogen-bond donors (Lipinski definition) is 1. The third kappa shape index (κ3) is 2.43. The van der Waals surface area contributed by atoms with Crippen LogP contribution >= 0.6 is 23.2 Å². The highest BCUT2D eigenvalue weighted by molar-refractivity contribution is 6.35. The van der Waals surface area contributed by atoms with Gasteiger partial charge in [-0.05, 0) is 30.3 Å². The monoisotopic (exact) mass is 265 g/mol. The van der Waals surface area contributed by atoms with Crippen LogP contribution in [0.5, 0.6) is 5.75 Å². The summed E-state index contributed by atoms with van der Waals surface area (Å²) in [4.78, 5) is 12.1. The lowest BCUT2D eigenvalue weighted by Gasteiger charge is -2.05. The number of ketones is 1. The summed E-state index contributed by atoms with van der Waals surface area (Å²) in [6.07, 6.45) is 0. The number of halogens is 2. The van der Waals surface area contributed by atoms with E-state index in [2.05, 4.69) is 6.07 Å². The molecule has 17 heavy (non-hydrogen) atoms. The van der Waals surface area contributed by atoms with Crippen molar-refractivity contribution in [2.45, 2.75) is 0 Å². The number of carbonyl (C=O) groups is 1. The van der Waals surface area contributed by atoms with Gasteiger partial charge in [-0.1, -0.05) is 29.3 Å². The summed E-state index contributed by atoms with van der Waals surface area (Å²) >= 11 is 11.6. The number of carbonyl (C=O) groups excluding carboxylic acids is 1. The van der Waals surface area contributed by atoms with E-state index in [-0.39, 0.29) is 22.1 Å². The van der Waals surface area contributed by atoms with Crippen LogP contribution in [0.2, 0.25) is 10.0 Å². The molecule has 2 rings (SSSR count). The molecule has 0 amide bonds. The van der Waals surface area contributed by atoms with E-state index in [0.29, 0.717) is 10.6 Å². The molecule has 0 aliphatic rings. The maximum Gasteiger partial charge on any atom is 0.198 e. The lowest BCUT2D eigenvalue weighted by Crippen LogP contribution is -2.02. The van der Waals surface area contributed by atoms with Crippen molar-refractivity contribution in [2.75, 3.05) is 0 Å². The summed E-state index contributed by atoms with van der Waals surface area (Å²) in [6.45, 7) is 0. The van der Waals surface area contributed by atoms with E-state index >= 15 is 0 Å². The van der Waals surface area contributed by atoms with Gasteiger partial charge in [-0.15, -0.1) is 0 Å². The van der Waals surface area contributed by atoms with Crippen LogP contribution in [0.25, 0.3) is 0 Å². The molecule has 1 radical (unpaired) electrons. The molecule has 0 spiro atoms. The molecule has 85 valence electrons. The molecule has 1 N–H and O–H groups in total. The maximum atomic E-state index is 12.1. The smallest absolute Gasteiger partial charge is 0.198 e. The topological polar surface area (TPSA) is 37.3 Å². The molecule has 0 fully saturated rings. The normalized spacial score (nSPS) is 10.2. The first-order chi connectivity index (χ1) is 8.09. The lowest BCUT2D eigenvalue weighted by atomic mass is 10.0. The van der Waals surface area contributed by atoms with Crippen molar-refractivity contribution in [1.82, 2.24) is 0 Å². The Hall–Kier alpha value is -1.51. The first-order valence-corrected chi connectivity index (χ1v) is 5.54. The van der Waals surface area contributed by atoms with Crippen molar-refractivity contribution in [2.24, 2.45) is 0 Å². The van der Waals surface area contributed by atoms with Crippen LogP contribution in [-0.2, 0) is 0 Å². The van der Waals surface area contributed by atoms with Crippen molar-refractivity contribution >= 4 is 29.0 Å². The standard InChI is InChI=1S/C13H7Cl2O2/c14-9-6-4-8(5-7-9)13(17)12-10(15)2-1-3-11(12)16/h1-6,16H. The van der Waals surface area contributed by atoms with Crippen LogP contribution in [0, 0.1) is 6.07 Å². The van der Waals surface area contributed by atoms with E-state index in [0.717, 1.165) is 0 Å². The molecule has 4 heteroatoms. The Labute approximate surface area is 108 Å². The molecular weight excluding hydrogens is 259 g/mol. The minimum absolute atomic E-state index is 0.0879. The quantitative estimate of drug-likeness (QED) is 0.841. The summed E-state index contributed by atoms with van der Waals surface area (Å²) in [6, 6.07) is 11.8. The zero-order valence-electron chi connectivity index (χ0n) is 8.58. The molecule has 0 aliphatic heterocycles. The molecule has 2 aromatic carbocycles. The molecule has 0 heterocycles. The molecular formula is C13H7Cl2O2. The highest BCUT2D eigenvalue weighted by atomic mass is 35.5. The second-order valence-electron chi connectivity index (χ2n) is 3.39. The molecule has 0 unspecified atom stereocenters. The lowest BCUT2D eigenvalue weighted by molar-refractivity contribution is 0.103. The number of aromatic hydroxyl groups is 1. The summed E-state index contributed by atoms with van der Waals surface area (Å²) in [5.41, 5.74) is 0.461. The van der Waals surface area contributed by atoms with E-state index in [9.17, 15) is 9.90 Å². The van der Waals surface area contributed by atoms with Gasteiger partial charge < -0.3 is 5.11 Å². The SMILES string of the molecule is O=C(c1c[c]c(Cl)cc1)c1c(O)cccc1Cl. The van der Waals surface area contributed by atoms with Gasteiger partial charge in [0.15, 0.2) is 5.78 Å². The van der Waals surface area contributed by atoms with E-state index < -0.39 is 0 Å². The number of phenols is 1. The highest BCUT2D eigenvalue weighted by Gasteiger charge is 2.16. The van der Waals surface area contributed by atoms with Crippen LogP contribution in [0.4, 0.5) is 0 Å². The Morgan fingerprint density at radius 2 is 1.94 bits per heavy atom. The van der Waals surface area contributed by atoms with Gasteiger partial charge in [-0.25, -0.2) is 0 Å². The van der Waals surface area contributed by atoms with Gasteiger partial charge in [0.05, 0.1) is 10.6 Å². The molecule has 0 saturated carbocycles. The van der Waals surface area contributed by atoms with Crippen LogP contribution in [-0.4, -0.2) is 10.9 Å². The highest BCUT2D eigenvalue weighted by Crippen LogP contribution is 2.28. The fraction of sp³-hybridized carbons (Fsp3) is 0. The zero-order chi connectivity index (χ0) is 12.4. The zero-order valence-corrected chi connectivity index (χ0v) is 10.1. The molecule has 0 bridgehead atoms. The number of hydrogen-bond acceptors (Lipinski definition) is 2. The first kappa shape index (κ1) is 12.0. The van der Waals surface area contributed by atoms with Crippen molar-refractivity contribution in [3.63, 3.8) is 0 Å². The fourth-order valence-electron chi connectivity index (χ4n) is 1.43. The van der Waals surface area contributed by atoms with Crippen molar-refractivity contribution in [3.8, 4) is 5.75 Å². The van der Waals surface area contributed by atoms with Gasteiger partial charge in [0.1, 0.15) is 5.75 Å². The van der Waals surface area contributed by atoms with Gasteiger partial charge >= 0.3 is 0 Å². The number of rotatable bonds is 2. The molecule has 2 nitrogen and oxygen atoms in total. The molecule has 0 saturated heterocycles. The van der Waals surface area contributed by atoms with Crippen LogP contribution < -0.4 is 0 Å². The van der Waals surface area contributed by atoms with Gasteiger partial charge in [0.25, 0.3) is 0 Å². The average molecular weight is 266 g/mol. The minimum atomic E-state index is -0.360. The number of phenolic OH excluding ortho intramolecular Hbond substituents is 1. The van der Waals surface area contributed by atoms with Crippen molar-refractivity contribution in [1.29, 1.82) is 0 Å². The summed E-state index contributed by atoms with van der Waals surface area (Å²) in [7, 11) is 0. The Kier molecular flexibility index (Phi) is 3.36. The largest absolute Gasteiger partial charge is 0.507 e. The third-order valence-electron chi connectivity index (χ3n) is 2.26. The summed E-state index contributed by atoms with van der Waals surface area (Å²) in [5, 5.41) is 10.3. The van der Waals surface area contributed by atoms with Gasteiger partial charge in [0, 0.05) is 16.7 Å². The van der Waals surface area contributed by atoms with E-state index in [4.69, 9.17) is 23.2 Å². The van der Waals surface area contributed by atoms with E-state index in [1.165, 1.54) is 12.1 Å². The van der Waals surface area contributed by atoms with E-state index in [1.54, 1.807) is 24.3 Å². The molecule has 0 aromatic heterocycles. The van der Waals surface area contributed by atoms with Crippen LogP contribution in [0.1, 0.15) is 15.9 Å². The van der Waals surface area contributed by atoms with Crippen LogP contribution in [0.15, 0.2) is 36.4 Å². The molecule has 0 atom stereocenters. The molecule has 2 aromatic rings. The summed E-state index contributed by atoms with van der Waals surface area (Å²) in [5.74, 6) is -0.501. The average Bonchev–Trinajstić information content (AvgIpc) is 2.29. The van der Waals surface area contributed by atoms with Gasteiger partial charge in [-0.2, -0.15) is 0 Å². The maximum absolute atomic E-state index is 12.1. The van der Waals surface area contributed by atoms with Gasteiger partial charge in [0.2, 0.25) is 0 Å². The Morgan fingerprint density at radius 1 is 1.18 bits per heavy atom. The second-order valence-corrected chi connectivity index (χ2v) is 4.20. The first-order valence-electron chi connectivity index (χ1n) is 4.79. The van der Waals surface area contributed by atoms with Crippen molar-refractivity contribution in [3.05, 3.63) is 63.6 Å². The Morgan fingerprint density at radius 3 is 2.53 bits per heavy atom. The second kappa shape index (κ2) is 4.78.